The molecule has 1 aromatic heterocycles. The maximum atomic E-state index is 5.66. The molecule has 0 aromatic carbocycles. The molecule has 0 aliphatic heterocycles. The largest absolute Gasteiger partial charge is 0.382 e. The van der Waals surface area contributed by atoms with E-state index in [0.29, 0.717) is 23.4 Å². The molecule has 0 unspecified atom stereocenters. The van der Waals surface area contributed by atoms with Crippen molar-refractivity contribution in [2.45, 2.75) is 19.9 Å². The van der Waals surface area contributed by atoms with Crippen LogP contribution in [0.25, 0.3) is 0 Å². The molecule has 2 N–H and O–H groups in total. The molecule has 14 heavy (non-hydrogen) atoms. The van der Waals surface area contributed by atoms with Crippen LogP contribution in [0.15, 0.2) is 11.3 Å². The second-order valence-electron chi connectivity index (χ2n) is 3.29. The maximum absolute atomic E-state index is 5.66. The first-order valence-corrected chi connectivity index (χ1v) is 4.38. The van der Waals surface area contributed by atoms with Crippen LogP contribution < -0.4 is 10.6 Å². The fourth-order valence-corrected chi connectivity index (χ4v) is 1.04. The van der Waals surface area contributed by atoms with Crippen LogP contribution in [0.2, 0.25) is 0 Å². The quantitative estimate of drug-likeness (QED) is 0.733. The lowest BCUT2D eigenvalue weighted by atomic mass is 10.3. The molecular weight excluding hydrogens is 178 g/mol. The van der Waals surface area contributed by atoms with Crippen molar-refractivity contribution in [1.29, 1.82) is 0 Å². The number of nitrogens with two attached hydrogens (primary N) is 1. The lowest BCUT2D eigenvalue weighted by Gasteiger charge is -2.23. The molecule has 1 heterocycles. The van der Waals surface area contributed by atoms with Crippen molar-refractivity contribution in [2.75, 3.05) is 17.7 Å². The van der Waals surface area contributed by atoms with Crippen molar-refractivity contribution in [3.8, 4) is 0 Å². The highest BCUT2D eigenvalue weighted by Crippen LogP contribution is 2.29. The average molecular weight is 193 g/mol. The van der Waals surface area contributed by atoms with Gasteiger partial charge in [-0.1, -0.05) is 0 Å². The van der Waals surface area contributed by atoms with E-state index in [0.717, 1.165) is 0 Å². The molecule has 0 amide bonds. The summed E-state index contributed by atoms with van der Waals surface area (Å²) in [6.45, 7) is 7.58. The van der Waals surface area contributed by atoms with Gasteiger partial charge in [-0.2, -0.15) is 0 Å². The van der Waals surface area contributed by atoms with Gasteiger partial charge in [0.05, 0.1) is 0 Å². The van der Waals surface area contributed by atoms with Crippen LogP contribution in [-0.2, 0) is 0 Å². The minimum Gasteiger partial charge on any atom is -0.382 e. The average Bonchev–Trinajstić information content (AvgIpc) is 2.16. The highest BCUT2D eigenvalue weighted by atomic mass is 15.2. The van der Waals surface area contributed by atoms with E-state index in [1.165, 1.54) is 6.33 Å². The second-order valence-corrected chi connectivity index (χ2v) is 3.29. The summed E-state index contributed by atoms with van der Waals surface area (Å²) in [6, 6.07) is 0.324. The van der Waals surface area contributed by atoms with Crippen molar-refractivity contribution in [2.24, 2.45) is 4.99 Å². The standard InChI is InChI=1S/C9H15N5/c1-6(2)14(4)9-7(11-3)8(10)12-5-13-9/h5-6H,3H2,1-2,4H3,(H2,10,12,13). The Morgan fingerprint density at radius 1 is 1.50 bits per heavy atom. The third-order valence-electron chi connectivity index (χ3n) is 2.10. The summed E-state index contributed by atoms with van der Waals surface area (Å²) in [4.78, 5) is 13.8. The third kappa shape index (κ3) is 1.81. The van der Waals surface area contributed by atoms with E-state index in [2.05, 4.69) is 35.5 Å². The molecular formula is C9H15N5. The number of rotatable bonds is 3. The van der Waals surface area contributed by atoms with Gasteiger partial charge in [0.15, 0.2) is 11.6 Å². The fourth-order valence-electron chi connectivity index (χ4n) is 1.04. The molecule has 0 bridgehead atoms. The lowest BCUT2D eigenvalue weighted by Crippen LogP contribution is -2.26. The predicted octanol–water partition coefficient (Wildman–Crippen LogP) is 1.24. The number of nitrogens with zero attached hydrogens (tertiary/aromatic N) is 4. The molecule has 0 saturated heterocycles. The van der Waals surface area contributed by atoms with Crippen LogP contribution in [-0.4, -0.2) is 29.8 Å². The Balaban J connectivity index is 3.20. The van der Waals surface area contributed by atoms with Gasteiger partial charge in [-0.3, -0.25) is 4.99 Å². The molecule has 0 radical (unpaired) electrons. The molecule has 0 aliphatic carbocycles. The summed E-state index contributed by atoms with van der Waals surface area (Å²) < 4.78 is 0. The minimum atomic E-state index is 0.324. The second kappa shape index (κ2) is 4.04. The monoisotopic (exact) mass is 193 g/mol. The number of anilines is 2. The first-order valence-electron chi connectivity index (χ1n) is 4.38. The minimum absolute atomic E-state index is 0.324. The lowest BCUT2D eigenvalue weighted by molar-refractivity contribution is 0.742. The summed E-state index contributed by atoms with van der Waals surface area (Å²) >= 11 is 0. The first kappa shape index (κ1) is 10.4. The van der Waals surface area contributed by atoms with Crippen molar-refractivity contribution < 1.29 is 0 Å². The number of hydrogen-bond donors (Lipinski definition) is 1. The van der Waals surface area contributed by atoms with Crippen LogP contribution in [0.3, 0.4) is 0 Å². The zero-order valence-electron chi connectivity index (χ0n) is 8.73. The number of aromatic nitrogens is 2. The van der Waals surface area contributed by atoms with E-state index in [1.807, 2.05) is 11.9 Å². The smallest absolute Gasteiger partial charge is 0.160 e. The van der Waals surface area contributed by atoms with Gasteiger partial charge in [0.2, 0.25) is 0 Å². The van der Waals surface area contributed by atoms with Gasteiger partial charge in [-0.25, -0.2) is 9.97 Å². The Hall–Kier alpha value is -1.65. The fraction of sp³-hybridized carbons (Fsp3) is 0.444. The van der Waals surface area contributed by atoms with E-state index in [4.69, 9.17) is 5.73 Å². The summed E-state index contributed by atoms with van der Waals surface area (Å²) in [5, 5.41) is 0. The molecule has 76 valence electrons. The van der Waals surface area contributed by atoms with Gasteiger partial charge in [0.25, 0.3) is 0 Å². The van der Waals surface area contributed by atoms with Crippen molar-refractivity contribution in [1.82, 2.24) is 9.97 Å². The summed E-state index contributed by atoms with van der Waals surface area (Å²) in [5.41, 5.74) is 6.20. The van der Waals surface area contributed by atoms with Crippen LogP contribution >= 0.6 is 0 Å². The molecule has 5 nitrogen and oxygen atoms in total. The zero-order valence-corrected chi connectivity index (χ0v) is 8.73. The van der Waals surface area contributed by atoms with E-state index in [-0.39, 0.29) is 0 Å². The first-order chi connectivity index (χ1) is 6.57. The summed E-state index contributed by atoms with van der Waals surface area (Å²) in [5.74, 6) is 1.07. The van der Waals surface area contributed by atoms with Crippen LogP contribution in [0.1, 0.15) is 13.8 Å². The van der Waals surface area contributed by atoms with Crippen LogP contribution in [0.4, 0.5) is 17.3 Å². The Kier molecular flexibility index (Phi) is 3.01. The Labute approximate surface area is 83.7 Å². The Bertz CT molecular complexity index is 334. The van der Waals surface area contributed by atoms with E-state index >= 15 is 0 Å². The Morgan fingerprint density at radius 2 is 2.14 bits per heavy atom. The molecule has 0 saturated carbocycles. The third-order valence-corrected chi connectivity index (χ3v) is 2.10. The van der Waals surface area contributed by atoms with Crippen molar-refractivity contribution in [3.05, 3.63) is 6.33 Å². The van der Waals surface area contributed by atoms with E-state index in [9.17, 15) is 0 Å². The van der Waals surface area contributed by atoms with E-state index in [1.54, 1.807) is 0 Å². The molecule has 0 atom stereocenters. The van der Waals surface area contributed by atoms with Crippen LogP contribution in [0.5, 0.6) is 0 Å². The van der Waals surface area contributed by atoms with Crippen molar-refractivity contribution in [3.63, 3.8) is 0 Å². The van der Waals surface area contributed by atoms with Gasteiger partial charge in [0, 0.05) is 13.1 Å². The Morgan fingerprint density at radius 3 is 2.64 bits per heavy atom. The molecule has 0 aliphatic rings. The molecule has 0 spiro atoms. The molecule has 1 rings (SSSR count). The maximum Gasteiger partial charge on any atom is 0.160 e. The summed E-state index contributed by atoms with van der Waals surface area (Å²) in [7, 11) is 1.93. The highest BCUT2D eigenvalue weighted by Gasteiger charge is 2.13. The zero-order chi connectivity index (χ0) is 10.7. The number of nitrogen functional groups attached to an aromatic ring is 1. The van der Waals surface area contributed by atoms with E-state index < -0.39 is 0 Å². The van der Waals surface area contributed by atoms with Gasteiger partial charge >= 0.3 is 0 Å². The van der Waals surface area contributed by atoms with Gasteiger partial charge in [-0.15, -0.1) is 0 Å². The SMILES string of the molecule is C=Nc1c(N)ncnc1N(C)C(C)C. The number of hydrogen-bond acceptors (Lipinski definition) is 5. The molecule has 5 heteroatoms. The molecule has 1 aromatic rings. The van der Waals surface area contributed by atoms with Gasteiger partial charge < -0.3 is 10.6 Å². The van der Waals surface area contributed by atoms with Crippen molar-refractivity contribution >= 4 is 24.0 Å². The predicted molar refractivity (Wildman–Crippen MR) is 59.2 cm³/mol. The normalized spacial score (nSPS) is 10.3. The highest BCUT2D eigenvalue weighted by molar-refractivity contribution is 5.74. The summed E-state index contributed by atoms with van der Waals surface area (Å²) in [6.07, 6.45) is 1.43. The molecule has 0 fully saturated rings. The van der Waals surface area contributed by atoms with Crippen LogP contribution in [0, 0.1) is 0 Å². The van der Waals surface area contributed by atoms with Gasteiger partial charge in [0.1, 0.15) is 12.0 Å². The van der Waals surface area contributed by atoms with Gasteiger partial charge in [-0.05, 0) is 20.6 Å². The number of aliphatic imine (C=N–C) groups is 1. The topological polar surface area (TPSA) is 67.4 Å².